The molecule has 3 N–H and O–H groups in total. The van der Waals surface area contributed by atoms with Crippen molar-refractivity contribution in [2.24, 2.45) is 0 Å². The first kappa shape index (κ1) is 27.9. The fraction of sp³-hybridized carbons (Fsp3) is 0.419. The molecular formula is C31H37N9O2S. The smallest absolute Gasteiger partial charge is 0.213 e. The predicted molar refractivity (Wildman–Crippen MR) is 168 cm³/mol. The fourth-order valence-corrected chi connectivity index (χ4v) is 7.81. The molecular weight excluding hydrogens is 562 g/mol. The lowest BCUT2D eigenvalue weighted by Crippen LogP contribution is -2.52. The Morgan fingerprint density at radius 2 is 1.70 bits per heavy atom. The molecule has 2 aliphatic rings. The minimum absolute atomic E-state index is 0.164. The zero-order valence-corrected chi connectivity index (χ0v) is 25.2. The number of nitrogens with zero attached hydrogens (tertiary/aromatic N) is 7. The number of piperazine rings is 1. The van der Waals surface area contributed by atoms with Gasteiger partial charge in [-0.05, 0) is 50.3 Å². The van der Waals surface area contributed by atoms with Gasteiger partial charge in [0.25, 0.3) is 0 Å². The monoisotopic (exact) mass is 599 g/mol. The van der Waals surface area contributed by atoms with Crippen LogP contribution in [-0.2, 0) is 16.4 Å². The van der Waals surface area contributed by atoms with Crippen LogP contribution in [0.25, 0.3) is 33.3 Å². The van der Waals surface area contributed by atoms with Gasteiger partial charge in [0.05, 0.1) is 28.2 Å². The highest BCUT2D eigenvalue weighted by atomic mass is 32.2. The van der Waals surface area contributed by atoms with E-state index in [9.17, 15) is 8.42 Å². The van der Waals surface area contributed by atoms with Gasteiger partial charge in [-0.15, -0.1) is 0 Å². The molecule has 0 spiro atoms. The molecule has 224 valence electrons. The summed E-state index contributed by atoms with van der Waals surface area (Å²) in [5, 5.41) is 5.89. The maximum absolute atomic E-state index is 12.3. The lowest BCUT2D eigenvalue weighted by Gasteiger charge is -2.41. The molecule has 1 saturated heterocycles. The maximum atomic E-state index is 12.3. The molecule has 12 heteroatoms. The Morgan fingerprint density at radius 1 is 0.953 bits per heavy atom. The first-order chi connectivity index (χ1) is 20.9. The van der Waals surface area contributed by atoms with Crippen LogP contribution in [0.5, 0.6) is 0 Å². The largest absolute Gasteiger partial charge is 0.383 e. The molecule has 2 fully saturated rings. The van der Waals surface area contributed by atoms with Crippen molar-refractivity contribution in [2.75, 3.05) is 37.7 Å². The lowest BCUT2D eigenvalue weighted by molar-refractivity contribution is 0.0986. The molecule has 0 bridgehead atoms. The summed E-state index contributed by atoms with van der Waals surface area (Å²) in [4.78, 5) is 19.7. The van der Waals surface area contributed by atoms with Crippen LogP contribution in [0.4, 0.5) is 5.82 Å². The summed E-state index contributed by atoms with van der Waals surface area (Å²) in [5.41, 5.74) is 12.0. The van der Waals surface area contributed by atoms with E-state index in [-0.39, 0.29) is 11.8 Å². The van der Waals surface area contributed by atoms with Crippen molar-refractivity contribution >= 4 is 37.9 Å². The number of hydrogen-bond donors (Lipinski definition) is 2. The van der Waals surface area contributed by atoms with Crippen molar-refractivity contribution in [1.29, 1.82) is 0 Å². The molecule has 4 heterocycles. The summed E-state index contributed by atoms with van der Waals surface area (Å²) >= 11 is 0. The Hall–Kier alpha value is -3.87. The van der Waals surface area contributed by atoms with Crippen molar-refractivity contribution < 1.29 is 8.42 Å². The molecule has 1 saturated carbocycles. The summed E-state index contributed by atoms with van der Waals surface area (Å²) in [5.74, 6) is 1.50. The summed E-state index contributed by atoms with van der Waals surface area (Å²) < 4.78 is 28.3. The van der Waals surface area contributed by atoms with Crippen LogP contribution < -0.4 is 5.73 Å². The van der Waals surface area contributed by atoms with Crippen LogP contribution in [0.3, 0.4) is 0 Å². The number of nitrogen functional groups attached to an aromatic ring is 1. The van der Waals surface area contributed by atoms with Crippen molar-refractivity contribution in [3.63, 3.8) is 0 Å². The molecule has 2 aromatic carbocycles. The average molecular weight is 600 g/mol. The number of aromatic amines is 1. The number of H-pyrrole nitrogens is 1. The van der Waals surface area contributed by atoms with Crippen LogP contribution >= 0.6 is 0 Å². The summed E-state index contributed by atoms with van der Waals surface area (Å²) in [7, 11) is -3.12. The second-order valence-electron chi connectivity index (χ2n) is 11.6. The van der Waals surface area contributed by atoms with Gasteiger partial charge in [0.1, 0.15) is 23.7 Å². The topological polar surface area (TPSA) is 139 Å². The van der Waals surface area contributed by atoms with Crippen molar-refractivity contribution in [3.05, 3.63) is 66.2 Å². The number of nitrogens with two attached hydrogens (primary N) is 1. The number of sulfonamides is 1. The normalized spacial score (nSPS) is 20.7. The standard InChI is InChI=1S/C31H37N9O2S/c1-2-43(41,42)39-16-14-38(15-17-39)23-9-11-24(12-10-23)40-31-28(30(32)33-20-34-31)29(37-40)22-8-13-25-26(19-22)36-27(35-25)18-21-6-4-3-5-7-21/h3-8,13,19-20,23-24H,2,9-12,14-18H2,1H3,(H,35,36)(H2,32,33,34)/t23-,24-. The molecule has 11 nitrogen and oxygen atoms in total. The highest BCUT2D eigenvalue weighted by Crippen LogP contribution is 2.37. The minimum Gasteiger partial charge on any atom is -0.383 e. The zero-order valence-electron chi connectivity index (χ0n) is 24.4. The van der Waals surface area contributed by atoms with E-state index in [2.05, 4.69) is 48.8 Å². The number of nitrogens with one attached hydrogen (secondary N) is 1. The number of imidazole rings is 1. The summed E-state index contributed by atoms with van der Waals surface area (Å²) in [6.45, 7) is 4.44. The van der Waals surface area contributed by atoms with E-state index in [1.54, 1.807) is 11.2 Å². The predicted octanol–water partition coefficient (Wildman–Crippen LogP) is 3.99. The van der Waals surface area contributed by atoms with E-state index < -0.39 is 10.0 Å². The first-order valence-corrected chi connectivity index (χ1v) is 16.7. The van der Waals surface area contributed by atoms with E-state index in [0.717, 1.165) is 84.3 Å². The third kappa shape index (κ3) is 5.39. The molecule has 7 rings (SSSR count). The van der Waals surface area contributed by atoms with E-state index in [4.69, 9.17) is 15.8 Å². The van der Waals surface area contributed by atoms with Crippen LogP contribution in [0, 0.1) is 0 Å². The Morgan fingerprint density at radius 3 is 2.44 bits per heavy atom. The number of aromatic nitrogens is 6. The highest BCUT2D eigenvalue weighted by Gasteiger charge is 2.33. The average Bonchev–Trinajstić information content (AvgIpc) is 3.63. The molecule has 0 atom stereocenters. The number of rotatable bonds is 7. The van der Waals surface area contributed by atoms with Gasteiger partial charge >= 0.3 is 0 Å². The van der Waals surface area contributed by atoms with Gasteiger partial charge in [0.15, 0.2) is 5.65 Å². The third-order valence-corrected chi connectivity index (χ3v) is 11.0. The molecule has 1 aliphatic carbocycles. The Balaban J connectivity index is 1.11. The van der Waals surface area contributed by atoms with Crippen LogP contribution in [-0.4, -0.2) is 85.3 Å². The van der Waals surface area contributed by atoms with Crippen molar-refractivity contribution in [1.82, 2.24) is 38.9 Å². The van der Waals surface area contributed by atoms with Crippen molar-refractivity contribution in [3.8, 4) is 11.3 Å². The number of fused-ring (bicyclic) bond motifs is 2. The van der Waals surface area contributed by atoms with E-state index in [1.807, 2.05) is 24.3 Å². The zero-order chi connectivity index (χ0) is 29.6. The summed E-state index contributed by atoms with van der Waals surface area (Å²) in [6, 6.07) is 17.1. The SMILES string of the molecule is CCS(=O)(=O)N1CCN([C@H]2CC[C@H](n3nc(-c4ccc5[nH]c(Cc6ccccc6)nc5c4)c4c(N)ncnc43)CC2)CC1. The quantitative estimate of drug-likeness (QED) is 0.286. The lowest BCUT2D eigenvalue weighted by atomic mass is 9.90. The number of benzene rings is 2. The second-order valence-corrected chi connectivity index (χ2v) is 13.9. The Kier molecular flexibility index (Phi) is 7.36. The molecule has 3 aromatic heterocycles. The molecule has 0 amide bonds. The minimum atomic E-state index is -3.12. The molecule has 1 aliphatic heterocycles. The second kappa shape index (κ2) is 11.3. The number of anilines is 1. The fourth-order valence-electron chi connectivity index (χ4n) is 6.73. The van der Waals surface area contributed by atoms with E-state index in [0.29, 0.717) is 24.9 Å². The maximum Gasteiger partial charge on any atom is 0.213 e. The van der Waals surface area contributed by atoms with Crippen LogP contribution in [0.2, 0.25) is 0 Å². The molecule has 0 unspecified atom stereocenters. The van der Waals surface area contributed by atoms with E-state index in [1.165, 1.54) is 11.9 Å². The molecule has 43 heavy (non-hydrogen) atoms. The van der Waals surface area contributed by atoms with Gasteiger partial charge in [0, 0.05) is 44.2 Å². The van der Waals surface area contributed by atoms with Gasteiger partial charge < -0.3 is 10.7 Å². The van der Waals surface area contributed by atoms with Gasteiger partial charge in [-0.2, -0.15) is 9.40 Å². The van der Waals surface area contributed by atoms with Gasteiger partial charge in [-0.1, -0.05) is 36.4 Å². The van der Waals surface area contributed by atoms with Gasteiger partial charge in [-0.25, -0.2) is 28.1 Å². The number of hydrogen-bond acceptors (Lipinski definition) is 8. The van der Waals surface area contributed by atoms with Gasteiger partial charge in [0.2, 0.25) is 10.0 Å². The van der Waals surface area contributed by atoms with Gasteiger partial charge in [-0.3, -0.25) is 4.90 Å². The van der Waals surface area contributed by atoms with Crippen LogP contribution in [0.1, 0.15) is 50.0 Å². The third-order valence-electron chi connectivity index (χ3n) is 9.10. The Bertz CT molecular complexity index is 1850. The molecule has 5 aromatic rings. The summed E-state index contributed by atoms with van der Waals surface area (Å²) in [6.07, 6.45) is 6.26. The van der Waals surface area contributed by atoms with E-state index >= 15 is 0 Å². The Labute approximate surface area is 251 Å². The highest BCUT2D eigenvalue weighted by molar-refractivity contribution is 7.89. The van der Waals surface area contributed by atoms with Crippen LogP contribution in [0.15, 0.2) is 54.9 Å². The molecule has 0 radical (unpaired) electrons. The first-order valence-electron chi connectivity index (χ1n) is 15.1. The van der Waals surface area contributed by atoms with Crippen molar-refractivity contribution in [2.45, 2.75) is 51.1 Å².